The molecule has 0 aromatic heterocycles. The number of benzene rings is 2. The molecule has 0 fully saturated rings. The van der Waals surface area contributed by atoms with E-state index in [1.807, 2.05) is 0 Å². The van der Waals surface area contributed by atoms with E-state index in [0.717, 1.165) is 0 Å². The van der Waals surface area contributed by atoms with Crippen molar-refractivity contribution in [3.8, 4) is 5.75 Å². The molecule has 0 aliphatic rings. The van der Waals surface area contributed by atoms with Crippen molar-refractivity contribution < 1.29 is 14.2 Å². The molecule has 2 rings (SSSR count). The maximum Gasteiger partial charge on any atom is 0.143 e. The molecule has 100 valence electrons. The summed E-state index contributed by atoms with van der Waals surface area (Å²) < 4.78 is 19.3. The quantitative estimate of drug-likeness (QED) is 0.897. The number of hydrogen-bond donors (Lipinski definition) is 1. The molecule has 0 spiro atoms. The van der Waals surface area contributed by atoms with E-state index in [2.05, 4.69) is 15.9 Å². The summed E-state index contributed by atoms with van der Waals surface area (Å²) in [4.78, 5) is 0. The molecule has 5 heteroatoms. The Kier molecular flexibility index (Phi) is 4.45. The van der Waals surface area contributed by atoms with Gasteiger partial charge in [-0.15, -0.1) is 0 Å². The van der Waals surface area contributed by atoms with E-state index in [4.69, 9.17) is 16.3 Å². The highest BCUT2D eigenvalue weighted by Crippen LogP contribution is 2.32. The topological polar surface area (TPSA) is 29.5 Å². The maximum absolute atomic E-state index is 13.9. The molecule has 19 heavy (non-hydrogen) atoms. The van der Waals surface area contributed by atoms with E-state index in [1.165, 1.54) is 13.2 Å². The molecule has 0 heterocycles. The highest BCUT2D eigenvalue weighted by molar-refractivity contribution is 9.10. The summed E-state index contributed by atoms with van der Waals surface area (Å²) in [6.45, 7) is 0. The van der Waals surface area contributed by atoms with Gasteiger partial charge >= 0.3 is 0 Å². The molecule has 1 atom stereocenters. The van der Waals surface area contributed by atoms with E-state index >= 15 is 0 Å². The smallest absolute Gasteiger partial charge is 0.143 e. The summed E-state index contributed by atoms with van der Waals surface area (Å²) in [5.74, 6) is -0.0439. The van der Waals surface area contributed by atoms with E-state index in [1.54, 1.807) is 30.3 Å². The summed E-state index contributed by atoms with van der Waals surface area (Å²) >= 11 is 9.01. The monoisotopic (exact) mass is 344 g/mol. The van der Waals surface area contributed by atoms with Crippen LogP contribution in [-0.2, 0) is 0 Å². The number of rotatable bonds is 3. The van der Waals surface area contributed by atoms with Gasteiger partial charge in [0.1, 0.15) is 17.7 Å². The van der Waals surface area contributed by atoms with Crippen molar-refractivity contribution in [2.45, 2.75) is 6.10 Å². The minimum absolute atomic E-state index is 0.193. The van der Waals surface area contributed by atoms with Gasteiger partial charge < -0.3 is 9.84 Å². The first-order chi connectivity index (χ1) is 9.04. The van der Waals surface area contributed by atoms with Crippen molar-refractivity contribution in [3.05, 3.63) is 62.8 Å². The standard InChI is InChI=1S/C14H11BrClFO2/c1-19-12-7-8(5-6-11(12)16)14(18)9-3-2-4-10(15)13(9)17/h2-7,14,18H,1H3. The predicted octanol–water partition coefficient (Wildman–Crippen LogP) is 4.33. The molecule has 0 saturated carbocycles. The lowest BCUT2D eigenvalue weighted by atomic mass is 10.0. The molecule has 0 amide bonds. The van der Waals surface area contributed by atoms with Crippen LogP contribution in [0.1, 0.15) is 17.2 Å². The zero-order valence-corrected chi connectivity index (χ0v) is 12.4. The highest BCUT2D eigenvalue weighted by Gasteiger charge is 2.17. The Morgan fingerprint density at radius 3 is 2.74 bits per heavy atom. The Balaban J connectivity index is 2.44. The number of methoxy groups -OCH3 is 1. The van der Waals surface area contributed by atoms with Crippen molar-refractivity contribution in [2.75, 3.05) is 7.11 Å². The molecule has 0 radical (unpaired) electrons. The summed E-state index contributed by atoms with van der Waals surface area (Å²) in [6.07, 6.45) is -1.08. The Hall–Kier alpha value is -1.10. The second-order valence-corrected chi connectivity index (χ2v) is 5.20. The molecule has 0 aliphatic carbocycles. The van der Waals surface area contributed by atoms with Crippen LogP contribution in [0.25, 0.3) is 0 Å². The van der Waals surface area contributed by atoms with E-state index < -0.39 is 11.9 Å². The van der Waals surface area contributed by atoms with E-state index in [-0.39, 0.29) is 5.56 Å². The zero-order chi connectivity index (χ0) is 14.0. The van der Waals surface area contributed by atoms with Crippen molar-refractivity contribution >= 4 is 27.5 Å². The van der Waals surface area contributed by atoms with Crippen LogP contribution in [0.4, 0.5) is 4.39 Å². The Bertz CT molecular complexity index is 604. The lowest BCUT2D eigenvalue weighted by molar-refractivity contribution is 0.214. The van der Waals surface area contributed by atoms with Gasteiger partial charge in [0.05, 0.1) is 16.6 Å². The Morgan fingerprint density at radius 2 is 2.05 bits per heavy atom. The van der Waals surface area contributed by atoms with Crippen LogP contribution in [0.3, 0.4) is 0 Å². The third kappa shape index (κ3) is 2.91. The summed E-state index contributed by atoms with van der Waals surface area (Å²) in [5.41, 5.74) is 0.706. The largest absolute Gasteiger partial charge is 0.495 e. The molecule has 2 nitrogen and oxygen atoms in total. The molecule has 2 aromatic carbocycles. The van der Waals surface area contributed by atoms with Crippen LogP contribution in [0, 0.1) is 5.82 Å². The second-order valence-electron chi connectivity index (χ2n) is 3.94. The first-order valence-electron chi connectivity index (χ1n) is 5.50. The molecule has 2 aromatic rings. The van der Waals surface area contributed by atoms with Crippen LogP contribution in [0.5, 0.6) is 5.75 Å². The molecule has 0 saturated heterocycles. The summed E-state index contributed by atoms with van der Waals surface area (Å²) in [6, 6.07) is 9.61. The molecular weight excluding hydrogens is 335 g/mol. The van der Waals surface area contributed by atoms with Gasteiger partial charge in [-0.1, -0.05) is 29.8 Å². The first kappa shape index (κ1) is 14.3. The molecule has 1 N–H and O–H groups in total. The van der Waals surface area contributed by atoms with Gasteiger partial charge in [0.2, 0.25) is 0 Å². The fourth-order valence-corrected chi connectivity index (χ4v) is 2.33. The van der Waals surface area contributed by atoms with Crippen LogP contribution in [-0.4, -0.2) is 12.2 Å². The minimum atomic E-state index is -1.08. The SMILES string of the molecule is COc1cc(C(O)c2cccc(Br)c2F)ccc1Cl. The van der Waals surface area contributed by atoms with Gasteiger partial charge in [-0.25, -0.2) is 4.39 Å². The van der Waals surface area contributed by atoms with Crippen molar-refractivity contribution in [1.82, 2.24) is 0 Å². The molecular formula is C14H11BrClFO2. The van der Waals surface area contributed by atoms with Gasteiger partial charge in [0.15, 0.2) is 0 Å². The van der Waals surface area contributed by atoms with E-state index in [9.17, 15) is 9.50 Å². The number of aliphatic hydroxyl groups excluding tert-OH is 1. The maximum atomic E-state index is 13.9. The number of aliphatic hydroxyl groups is 1. The van der Waals surface area contributed by atoms with Crippen molar-refractivity contribution in [1.29, 1.82) is 0 Å². The Morgan fingerprint density at radius 1 is 1.32 bits per heavy atom. The summed E-state index contributed by atoms with van der Waals surface area (Å²) in [5, 5.41) is 10.7. The third-order valence-electron chi connectivity index (χ3n) is 2.77. The van der Waals surface area contributed by atoms with Gasteiger partial charge in [-0.3, -0.25) is 0 Å². The van der Waals surface area contributed by atoms with E-state index in [0.29, 0.717) is 20.8 Å². The van der Waals surface area contributed by atoms with Crippen molar-refractivity contribution in [2.24, 2.45) is 0 Å². The number of halogens is 3. The lowest BCUT2D eigenvalue weighted by Crippen LogP contribution is -2.03. The molecule has 1 unspecified atom stereocenters. The van der Waals surface area contributed by atoms with Gasteiger partial charge in [0.25, 0.3) is 0 Å². The summed E-state index contributed by atoms with van der Waals surface area (Å²) in [7, 11) is 1.48. The Labute approximate surface area is 123 Å². The van der Waals surface area contributed by atoms with Crippen LogP contribution in [0.2, 0.25) is 5.02 Å². The average Bonchev–Trinajstić information content (AvgIpc) is 2.41. The van der Waals surface area contributed by atoms with Crippen molar-refractivity contribution in [3.63, 3.8) is 0 Å². The third-order valence-corrected chi connectivity index (χ3v) is 3.69. The zero-order valence-electron chi connectivity index (χ0n) is 10.0. The fourth-order valence-electron chi connectivity index (χ4n) is 1.76. The van der Waals surface area contributed by atoms with Gasteiger partial charge in [0, 0.05) is 5.56 Å². The molecule has 0 aliphatic heterocycles. The fraction of sp³-hybridized carbons (Fsp3) is 0.143. The highest BCUT2D eigenvalue weighted by atomic mass is 79.9. The van der Waals surface area contributed by atoms with Gasteiger partial charge in [-0.05, 0) is 39.7 Å². The molecule has 0 bridgehead atoms. The average molecular weight is 346 g/mol. The first-order valence-corrected chi connectivity index (χ1v) is 6.67. The lowest BCUT2D eigenvalue weighted by Gasteiger charge is -2.14. The van der Waals surface area contributed by atoms with Crippen LogP contribution >= 0.6 is 27.5 Å². The normalized spacial score (nSPS) is 12.3. The van der Waals surface area contributed by atoms with Crippen LogP contribution < -0.4 is 4.74 Å². The van der Waals surface area contributed by atoms with Crippen LogP contribution in [0.15, 0.2) is 40.9 Å². The number of ether oxygens (including phenoxy) is 1. The number of hydrogen-bond acceptors (Lipinski definition) is 2. The van der Waals surface area contributed by atoms with Gasteiger partial charge in [-0.2, -0.15) is 0 Å². The minimum Gasteiger partial charge on any atom is -0.495 e. The second kappa shape index (κ2) is 5.90. The predicted molar refractivity (Wildman–Crippen MR) is 76.2 cm³/mol.